The highest BCUT2D eigenvalue weighted by Gasteiger charge is 2.13. The molecule has 0 fully saturated rings. The molecule has 0 unspecified atom stereocenters. The van der Waals surface area contributed by atoms with Crippen LogP contribution in [0.15, 0.2) is 55.1 Å². The van der Waals surface area contributed by atoms with E-state index in [0.717, 1.165) is 39.1 Å². The summed E-state index contributed by atoms with van der Waals surface area (Å²) in [7, 11) is 0. The molecule has 2 N–H and O–H groups in total. The molecule has 0 saturated heterocycles. The van der Waals surface area contributed by atoms with Crippen LogP contribution in [0.4, 0.5) is 0 Å². The van der Waals surface area contributed by atoms with E-state index in [1.54, 1.807) is 12.5 Å². The molecule has 0 radical (unpaired) electrons. The number of hydrogen-bond donors (Lipinski definition) is 2. The molecule has 24 heavy (non-hydrogen) atoms. The standard InChI is InChI=1S/C18H14N6/c1-11-2-4-14-13(8-11)17(23-22-14)18-20-15-5-3-12(9-16(15)21-18)24-7-6-19-10-24/h2-10H,1H3,(H,20,21)(H,22,23). The van der Waals surface area contributed by atoms with Crippen LogP contribution in [0, 0.1) is 6.92 Å². The van der Waals surface area contributed by atoms with Crippen molar-refractivity contribution in [3.63, 3.8) is 0 Å². The number of benzene rings is 2. The summed E-state index contributed by atoms with van der Waals surface area (Å²) in [6.07, 6.45) is 5.46. The van der Waals surface area contributed by atoms with Crippen LogP contribution < -0.4 is 0 Å². The van der Waals surface area contributed by atoms with Gasteiger partial charge in [0.15, 0.2) is 5.82 Å². The first-order chi connectivity index (χ1) is 11.8. The van der Waals surface area contributed by atoms with E-state index in [4.69, 9.17) is 4.98 Å². The van der Waals surface area contributed by atoms with E-state index >= 15 is 0 Å². The van der Waals surface area contributed by atoms with Gasteiger partial charge in [-0.25, -0.2) is 9.97 Å². The van der Waals surface area contributed by atoms with E-state index in [9.17, 15) is 0 Å². The third-order valence-corrected chi connectivity index (χ3v) is 4.21. The first kappa shape index (κ1) is 13.1. The summed E-state index contributed by atoms with van der Waals surface area (Å²) in [5.41, 5.74) is 5.98. The Labute approximate surface area is 137 Å². The van der Waals surface area contributed by atoms with Crippen LogP contribution >= 0.6 is 0 Å². The van der Waals surface area contributed by atoms with Crippen LogP contribution in [-0.2, 0) is 0 Å². The third kappa shape index (κ3) is 1.93. The largest absolute Gasteiger partial charge is 0.337 e. The minimum absolute atomic E-state index is 0.768. The van der Waals surface area contributed by atoms with Crippen molar-refractivity contribution in [2.75, 3.05) is 0 Å². The Bertz CT molecular complexity index is 1160. The van der Waals surface area contributed by atoms with Crippen LogP contribution in [0.2, 0.25) is 0 Å². The lowest BCUT2D eigenvalue weighted by molar-refractivity contribution is 1.06. The first-order valence-electron chi connectivity index (χ1n) is 7.71. The van der Waals surface area contributed by atoms with E-state index in [2.05, 4.69) is 45.3 Å². The summed E-state index contributed by atoms with van der Waals surface area (Å²) in [6, 6.07) is 12.3. The fraction of sp³-hybridized carbons (Fsp3) is 0.0556. The zero-order chi connectivity index (χ0) is 16.1. The lowest BCUT2D eigenvalue weighted by Gasteiger charge is -2.00. The number of aromatic nitrogens is 6. The molecule has 6 nitrogen and oxygen atoms in total. The van der Waals surface area contributed by atoms with Gasteiger partial charge in [0.2, 0.25) is 0 Å². The van der Waals surface area contributed by atoms with Gasteiger partial charge in [0.1, 0.15) is 5.69 Å². The molecule has 0 saturated carbocycles. The summed E-state index contributed by atoms with van der Waals surface area (Å²) in [5, 5.41) is 8.58. The van der Waals surface area contributed by atoms with Gasteiger partial charge in [-0.05, 0) is 37.3 Å². The van der Waals surface area contributed by atoms with Crippen molar-refractivity contribution in [3.8, 4) is 17.2 Å². The molecule has 5 rings (SSSR count). The summed E-state index contributed by atoms with van der Waals surface area (Å²) in [6.45, 7) is 2.08. The van der Waals surface area contributed by atoms with Crippen LogP contribution in [0.1, 0.15) is 5.56 Å². The Morgan fingerprint density at radius 3 is 2.88 bits per heavy atom. The monoisotopic (exact) mass is 314 g/mol. The van der Waals surface area contributed by atoms with Gasteiger partial charge < -0.3 is 9.55 Å². The van der Waals surface area contributed by atoms with Crippen LogP contribution in [0.5, 0.6) is 0 Å². The molecule has 6 heteroatoms. The topological polar surface area (TPSA) is 75.2 Å². The maximum absolute atomic E-state index is 4.69. The van der Waals surface area contributed by atoms with Gasteiger partial charge in [-0.3, -0.25) is 5.10 Å². The zero-order valence-corrected chi connectivity index (χ0v) is 13.0. The van der Waals surface area contributed by atoms with Gasteiger partial charge in [-0.15, -0.1) is 0 Å². The highest BCUT2D eigenvalue weighted by atomic mass is 15.1. The van der Waals surface area contributed by atoms with Gasteiger partial charge >= 0.3 is 0 Å². The molecule has 0 aliphatic carbocycles. The number of rotatable bonds is 2. The third-order valence-electron chi connectivity index (χ3n) is 4.21. The van der Waals surface area contributed by atoms with E-state index in [1.807, 2.05) is 29.0 Å². The second kappa shape index (κ2) is 4.79. The van der Waals surface area contributed by atoms with E-state index in [0.29, 0.717) is 0 Å². The van der Waals surface area contributed by atoms with Gasteiger partial charge in [0.05, 0.1) is 22.9 Å². The molecule has 0 atom stereocenters. The van der Waals surface area contributed by atoms with Crippen molar-refractivity contribution in [2.24, 2.45) is 0 Å². The number of fused-ring (bicyclic) bond motifs is 2. The zero-order valence-electron chi connectivity index (χ0n) is 13.0. The van der Waals surface area contributed by atoms with E-state index in [-0.39, 0.29) is 0 Å². The summed E-state index contributed by atoms with van der Waals surface area (Å²) in [5.74, 6) is 0.768. The predicted octanol–water partition coefficient (Wildman–Crippen LogP) is 3.60. The number of nitrogens with one attached hydrogen (secondary N) is 2. The number of imidazole rings is 2. The highest BCUT2D eigenvalue weighted by molar-refractivity contribution is 5.93. The highest BCUT2D eigenvalue weighted by Crippen LogP contribution is 2.27. The Kier molecular flexibility index (Phi) is 2.61. The molecule has 0 amide bonds. The lowest BCUT2D eigenvalue weighted by atomic mass is 10.1. The second-order valence-electron chi connectivity index (χ2n) is 5.88. The summed E-state index contributed by atoms with van der Waals surface area (Å²) >= 11 is 0. The summed E-state index contributed by atoms with van der Waals surface area (Å²) in [4.78, 5) is 12.2. The van der Waals surface area contributed by atoms with E-state index < -0.39 is 0 Å². The number of H-pyrrole nitrogens is 2. The fourth-order valence-corrected chi connectivity index (χ4v) is 2.99. The number of hydrogen-bond acceptors (Lipinski definition) is 3. The second-order valence-corrected chi connectivity index (χ2v) is 5.88. The Morgan fingerprint density at radius 1 is 1.04 bits per heavy atom. The minimum atomic E-state index is 0.768. The molecule has 3 heterocycles. The molecule has 0 spiro atoms. The molecule has 116 valence electrons. The van der Waals surface area contributed by atoms with Crippen molar-refractivity contribution in [1.82, 2.24) is 29.7 Å². The van der Waals surface area contributed by atoms with E-state index in [1.165, 1.54) is 5.56 Å². The number of aryl methyl sites for hydroxylation is 1. The fourth-order valence-electron chi connectivity index (χ4n) is 2.99. The molecule has 0 bridgehead atoms. The quantitative estimate of drug-likeness (QED) is 0.523. The van der Waals surface area contributed by atoms with Gasteiger partial charge in [0, 0.05) is 23.5 Å². The van der Waals surface area contributed by atoms with Crippen LogP contribution in [0.25, 0.3) is 39.1 Å². The van der Waals surface area contributed by atoms with Crippen molar-refractivity contribution in [3.05, 3.63) is 60.7 Å². The number of aromatic amines is 2. The molecule has 2 aromatic carbocycles. The van der Waals surface area contributed by atoms with Crippen molar-refractivity contribution in [1.29, 1.82) is 0 Å². The predicted molar refractivity (Wildman–Crippen MR) is 93.0 cm³/mol. The van der Waals surface area contributed by atoms with Crippen LogP contribution in [0.3, 0.4) is 0 Å². The van der Waals surface area contributed by atoms with Gasteiger partial charge in [-0.2, -0.15) is 5.10 Å². The molecule has 0 aliphatic rings. The first-order valence-corrected chi connectivity index (χ1v) is 7.71. The molecule has 5 aromatic rings. The van der Waals surface area contributed by atoms with Gasteiger partial charge in [-0.1, -0.05) is 11.6 Å². The smallest absolute Gasteiger partial charge is 0.159 e. The molecule has 3 aromatic heterocycles. The average molecular weight is 314 g/mol. The maximum Gasteiger partial charge on any atom is 0.159 e. The molecular weight excluding hydrogens is 300 g/mol. The number of nitrogens with zero attached hydrogens (tertiary/aromatic N) is 4. The van der Waals surface area contributed by atoms with Crippen molar-refractivity contribution < 1.29 is 0 Å². The van der Waals surface area contributed by atoms with Crippen molar-refractivity contribution >= 4 is 21.9 Å². The molecular formula is C18H14N6. The normalized spacial score (nSPS) is 11.5. The Balaban J connectivity index is 1.68. The summed E-state index contributed by atoms with van der Waals surface area (Å²) < 4.78 is 1.97. The average Bonchev–Trinajstić information content (AvgIpc) is 3.32. The maximum atomic E-state index is 4.69. The Hall–Kier alpha value is -3.41. The van der Waals surface area contributed by atoms with Crippen LogP contribution in [-0.4, -0.2) is 29.7 Å². The van der Waals surface area contributed by atoms with Crippen molar-refractivity contribution in [2.45, 2.75) is 6.92 Å². The lowest BCUT2D eigenvalue weighted by Crippen LogP contribution is -1.88. The Morgan fingerprint density at radius 2 is 2.00 bits per heavy atom. The molecule has 0 aliphatic heterocycles. The minimum Gasteiger partial charge on any atom is -0.337 e. The van der Waals surface area contributed by atoms with Gasteiger partial charge in [0.25, 0.3) is 0 Å². The SMILES string of the molecule is Cc1ccc2[nH]nc(-c3nc4ccc(-n5ccnc5)cc4[nH]3)c2c1.